The molecule has 1 rings (SSSR count). The number of rotatable bonds is 2. The molecule has 0 N–H and O–H groups in total. The molecule has 0 radical (unpaired) electrons. The number of benzene rings is 1. The minimum atomic E-state index is 0.817. The minimum absolute atomic E-state index is 0.817. The van der Waals surface area contributed by atoms with Crippen molar-refractivity contribution in [1.29, 1.82) is 0 Å². The summed E-state index contributed by atoms with van der Waals surface area (Å²) in [6, 6.07) is 7.93. The van der Waals surface area contributed by atoms with Crippen LogP contribution in [-0.2, 0) is 43.8 Å². The van der Waals surface area contributed by atoms with Gasteiger partial charge in [-0.2, -0.15) is 0 Å². The molecule has 0 aliphatic heterocycles. The Morgan fingerprint density at radius 2 is 1.14 bits per heavy atom. The molecule has 6 nitrogen and oxygen atoms in total. The average Bonchev–Trinajstić information content (AvgIpc) is 2.63. The first kappa shape index (κ1) is 31.9. The van der Waals surface area contributed by atoms with Crippen LogP contribution in [0, 0.1) is 33.3 Å². The van der Waals surface area contributed by atoms with E-state index < -0.39 is 0 Å². The maximum absolute atomic E-state index is 7.50. The molecule has 0 bridgehead atoms. The van der Waals surface area contributed by atoms with Crippen LogP contribution in [0.4, 0.5) is 0 Å². The van der Waals surface area contributed by atoms with E-state index in [0.717, 1.165) is 14.6 Å². The molecule has 0 aliphatic carbocycles. The van der Waals surface area contributed by atoms with Gasteiger partial charge in [0.05, 0.1) is 0 Å². The predicted molar refractivity (Wildman–Crippen MR) is 64.9 cm³/mol. The van der Waals surface area contributed by atoms with Crippen LogP contribution in [0.1, 0.15) is 5.56 Å². The Hall–Kier alpha value is -1.24. The monoisotopic (exact) mass is 390 g/mol. The number of ether oxygens (including phenoxy) is 1. The molecule has 8 heteroatoms. The zero-order valence-electron chi connectivity index (χ0n) is 10.5. The third kappa shape index (κ3) is 24.2. The first-order chi connectivity index (χ1) is 10.2. The molecule has 0 saturated heterocycles. The van der Waals surface area contributed by atoms with E-state index >= 15 is 0 Å². The van der Waals surface area contributed by atoms with Crippen LogP contribution in [-0.4, -0.2) is 11.7 Å². The summed E-state index contributed by atoms with van der Waals surface area (Å²) in [5.41, 5.74) is 1.07. The van der Waals surface area contributed by atoms with Crippen molar-refractivity contribution in [3.63, 3.8) is 0 Å². The number of methoxy groups -OCH3 is 1. The maximum atomic E-state index is 7.50. The molecule has 0 fully saturated rings. The van der Waals surface area contributed by atoms with E-state index in [9.17, 15) is 0 Å². The molecule has 1 aromatic rings. The van der Waals surface area contributed by atoms with E-state index in [1.165, 1.54) is 0 Å². The van der Waals surface area contributed by atoms with E-state index in [-0.39, 0.29) is 0 Å². The van der Waals surface area contributed by atoms with E-state index in [2.05, 4.69) is 65.0 Å². The van der Waals surface area contributed by atoms with Crippen molar-refractivity contribution in [3.8, 4) is 0 Å². The van der Waals surface area contributed by atoms with Crippen molar-refractivity contribution >= 4 is 20.5 Å². The molecule has 21 heavy (non-hydrogen) atoms. The molecule has 108 valence electrons. The summed E-state index contributed by atoms with van der Waals surface area (Å²) in [5, 5.41) is 0. The van der Waals surface area contributed by atoms with Crippen LogP contribution in [0.15, 0.2) is 28.7 Å². The molecule has 0 saturated carbocycles. The summed E-state index contributed by atoms with van der Waals surface area (Å²) >= 11 is 6.20. The number of hydrogen-bond donors (Lipinski definition) is 0. The van der Waals surface area contributed by atoms with Crippen molar-refractivity contribution in [2.75, 3.05) is 7.11 Å². The van der Waals surface area contributed by atoms with Gasteiger partial charge in [0.25, 0.3) is 0 Å². The Balaban J connectivity index is -0.0000000727. The van der Waals surface area contributed by atoms with Gasteiger partial charge in [0.2, 0.25) is 0 Å². The van der Waals surface area contributed by atoms with Gasteiger partial charge in [-0.3, -0.25) is 0 Å². The Bertz CT molecular complexity index is 410. The third-order valence-corrected chi connectivity index (χ3v) is 2.42. The van der Waals surface area contributed by atoms with Gasteiger partial charge in [-0.15, -0.1) is 0 Å². The zero-order valence-corrected chi connectivity index (χ0v) is 13.4. The van der Waals surface area contributed by atoms with Crippen LogP contribution in [0.3, 0.4) is 0 Å². The van der Waals surface area contributed by atoms with Crippen molar-refractivity contribution < 1.29 is 43.8 Å². The Kier molecular flexibility index (Phi) is 55.2. The number of hydrogen-bond acceptors (Lipinski definition) is 1. The normalized spacial score (nSPS) is 5.52. The molecule has 0 unspecified atom stereocenters. The summed E-state index contributed by atoms with van der Waals surface area (Å²) in [6.45, 7) is 22.5. The standard InChI is InChI=1S/C8H7BrO.5CO.Cr/c1-10-6-7-2-4-8(9)5-3-7;5*1-2;/h2-5H,1H3;;;;;;. The molecule has 0 aliphatic rings. The van der Waals surface area contributed by atoms with Gasteiger partial charge in [0, 0.05) is 0 Å². The molecule has 0 heterocycles. The molecule has 0 amide bonds. The Morgan fingerprint density at radius 3 is 1.38 bits per heavy atom. The predicted octanol–water partition coefficient (Wildman–Crippen LogP) is 1.93. The Labute approximate surface area is 139 Å². The Morgan fingerprint density at radius 1 is 0.857 bits per heavy atom. The molecule has 0 spiro atoms. The van der Waals surface area contributed by atoms with E-state index in [1.807, 2.05) is 24.3 Å². The van der Waals surface area contributed by atoms with Crippen LogP contribution >= 0.6 is 15.9 Å². The fourth-order valence-corrected chi connectivity index (χ4v) is 1.18. The van der Waals surface area contributed by atoms with Crippen LogP contribution in [0.25, 0.3) is 0 Å². The average molecular weight is 391 g/mol. The summed E-state index contributed by atoms with van der Waals surface area (Å²) < 4.78 is 44.4. The van der Waals surface area contributed by atoms with Crippen molar-refractivity contribution in [3.05, 3.63) is 67.6 Å². The van der Waals surface area contributed by atoms with Crippen molar-refractivity contribution in [2.24, 2.45) is 0 Å². The molecule has 0 aromatic heterocycles. The van der Waals surface area contributed by atoms with Gasteiger partial charge in [-0.1, -0.05) is 0 Å². The van der Waals surface area contributed by atoms with Crippen molar-refractivity contribution in [2.45, 2.75) is 0 Å². The third-order valence-electron chi connectivity index (χ3n) is 1.27. The zero-order chi connectivity index (χ0) is 18.3. The molecule has 0 atom stereocenters. The van der Waals surface area contributed by atoms with Gasteiger partial charge in [0.15, 0.2) is 0 Å². The fourth-order valence-electron chi connectivity index (χ4n) is 0.704. The summed E-state index contributed by atoms with van der Waals surface area (Å²) in [4.78, 5) is 0. The fraction of sp³-hybridized carbons (Fsp3) is 0.0769. The van der Waals surface area contributed by atoms with E-state index in [1.54, 1.807) is 7.11 Å². The second kappa shape index (κ2) is 36.3. The topological polar surface area (TPSA) is 109 Å². The first-order valence-corrected chi connectivity index (χ1v) is 5.53. The van der Waals surface area contributed by atoms with Gasteiger partial charge < -0.3 is 0 Å². The van der Waals surface area contributed by atoms with Crippen LogP contribution in [0.5, 0.6) is 0 Å². The second-order valence-electron chi connectivity index (χ2n) is 2.00. The van der Waals surface area contributed by atoms with Gasteiger partial charge >= 0.3 is 139 Å². The summed E-state index contributed by atoms with van der Waals surface area (Å²) in [7, 11) is 1.65. The van der Waals surface area contributed by atoms with Crippen molar-refractivity contribution in [1.82, 2.24) is 0 Å². The second-order valence-corrected chi connectivity index (χ2v) is 3.49. The van der Waals surface area contributed by atoms with Crippen LogP contribution < -0.4 is 0 Å². The summed E-state index contributed by atoms with van der Waals surface area (Å²) in [6.07, 6.45) is 0. The first-order valence-electron chi connectivity index (χ1n) is 4.10. The number of halogens is 1. The molecular formula is C13H7BrCrO6. The molecular weight excluding hydrogens is 384 g/mol. The van der Waals surface area contributed by atoms with E-state index in [4.69, 9.17) is 28.0 Å². The van der Waals surface area contributed by atoms with Gasteiger partial charge in [-0.25, -0.2) is 0 Å². The SMILES string of the molecule is CO[C](=[Cr])c1ccc(Br)cc1.[C-]#[O+].[C-]#[O+].[C-]#[O+].[C-]#[O+].[C-]#[O+]. The summed E-state index contributed by atoms with van der Waals surface area (Å²) in [5.74, 6) is 0. The van der Waals surface area contributed by atoms with Gasteiger partial charge in [-0.05, 0) is 0 Å². The van der Waals surface area contributed by atoms with Crippen LogP contribution in [0.2, 0.25) is 0 Å². The quantitative estimate of drug-likeness (QED) is 0.557. The molecule has 1 aromatic carbocycles. The van der Waals surface area contributed by atoms with E-state index in [0.29, 0.717) is 0 Å². The van der Waals surface area contributed by atoms with Gasteiger partial charge in [0.1, 0.15) is 0 Å².